The van der Waals surface area contributed by atoms with Crippen LogP contribution in [0.3, 0.4) is 0 Å². The molecule has 0 spiro atoms. The molecule has 0 aromatic heterocycles. The first-order valence-electron chi connectivity index (χ1n) is 4.46. The zero-order valence-electron chi connectivity index (χ0n) is 7.92. The highest BCUT2D eigenvalue weighted by Gasteiger charge is 2.25. The van der Waals surface area contributed by atoms with E-state index in [1.165, 1.54) is 23.9 Å². The summed E-state index contributed by atoms with van der Waals surface area (Å²) in [5.74, 6) is 0.597. The predicted octanol–water partition coefficient (Wildman–Crippen LogP) is 3.83. The van der Waals surface area contributed by atoms with Gasteiger partial charge in [-0.2, -0.15) is 13.2 Å². The van der Waals surface area contributed by atoms with Gasteiger partial charge in [0.15, 0.2) is 0 Å². The molecular formula is C10H11F3OS. The smallest absolute Gasteiger partial charge is 0.389 e. The lowest BCUT2D eigenvalue weighted by molar-refractivity contribution is -0.134. The molecule has 0 saturated carbocycles. The molecule has 0 atom stereocenters. The minimum absolute atomic E-state index is 0.120. The van der Waals surface area contributed by atoms with Crippen LogP contribution < -0.4 is 0 Å². The van der Waals surface area contributed by atoms with Crippen molar-refractivity contribution in [2.24, 2.45) is 0 Å². The molecule has 0 saturated heterocycles. The van der Waals surface area contributed by atoms with Gasteiger partial charge in [0.1, 0.15) is 5.75 Å². The van der Waals surface area contributed by atoms with Gasteiger partial charge in [0.05, 0.1) is 0 Å². The quantitative estimate of drug-likeness (QED) is 0.633. The Kier molecular flexibility index (Phi) is 4.32. The van der Waals surface area contributed by atoms with Crippen LogP contribution >= 0.6 is 11.8 Å². The second kappa shape index (κ2) is 5.30. The highest BCUT2D eigenvalue weighted by Crippen LogP contribution is 2.26. The number of halogens is 3. The summed E-state index contributed by atoms with van der Waals surface area (Å²) in [6, 6.07) is 6.42. The van der Waals surface area contributed by atoms with E-state index in [1.54, 1.807) is 12.1 Å². The highest BCUT2D eigenvalue weighted by atomic mass is 32.2. The fraction of sp³-hybridized carbons (Fsp3) is 0.400. The van der Waals surface area contributed by atoms with E-state index in [9.17, 15) is 13.2 Å². The molecule has 15 heavy (non-hydrogen) atoms. The monoisotopic (exact) mass is 236 g/mol. The van der Waals surface area contributed by atoms with Crippen LogP contribution in [0.15, 0.2) is 29.2 Å². The Morgan fingerprint density at radius 1 is 1.13 bits per heavy atom. The molecule has 0 heterocycles. The van der Waals surface area contributed by atoms with Crippen molar-refractivity contribution in [2.75, 3.05) is 5.75 Å². The summed E-state index contributed by atoms with van der Waals surface area (Å²) < 4.78 is 35.4. The summed E-state index contributed by atoms with van der Waals surface area (Å²) in [7, 11) is 0. The Morgan fingerprint density at radius 3 is 2.27 bits per heavy atom. The molecule has 0 aliphatic heterocycles. The average molecular weight is 236 g/mol. The Morgan fingerprint density at radius 2 is 1.73 bits per heavy atom. The summed E-state index contributed by atoms with van der Waals surface area (Å²) >= 11 is 1.36. The summed E-state index contributed by atoms with van der Waals surface area (Å²) in [5, 5.41) is 8.98. The molecular weight excluding hydrogens is 225 g/mol. The van der Waals surface area contributed by atoms with Crippen molar-refractivity contribution in [1.29, 1.82) is 0 Å². The number of phenols is 1. The maximum Gasteiger partial charge on any atom is 0.389 e. The zero-order chi connectivity index (χ0) is 11.3. The van der Waals surface area contributed by atoms with E-state index < -0.39 is 12.6 Å². The van der Waals surface area contributed by atoms with Gasteiger partial charge in [-0.1, -0.05) is 0 Å². The SMILES string of the molecule is Oc1ccc(SCCCC(F)(F)F)cc1. The normalized spacial score (nSPS) is 11.7. The van der Waals surface area contributed by atoms with Gasteiger partial charge in [-0.15, -0.1) is 11.8 Å². The van der Waals surface area contributed by atoms with E-state index in [0.717, 1.165) is 4.90 Å². The van der Waals surface area contributed by atoms with Gasteiger partial charge >= 0.3 is 6.18 Å². The van der Waals surface area contributed by atoms with Gasteiger partial charge in [-0.05, 0) is 36.4 Å². The number of thioether (sulfide) groups is 1. The van der Waals surface area contributed by atoms with E-state index in [2.05, 4.69) is 0 Å². The van der Waals surface area contributed by atoms with Crippen LogP contribution in [-0.4, -0.2) is 17.0 Å². The fourth-order valence-corrected chi connectivity index (χ4v) is 1.86. The van der Waals surface area contributed by atoms with Crippen molar-refractivity contribution >= 4 is 11.8 Å². The average Bonchev–Trinajstić information content (AvgIpc) is 2.14. The van der Waals surface area contributed by atoms with Crippen LogP contribution in [0.25, 0.3) is 0 Å². The largest absolute Gasteiger partial charge is 0.508 e. The molecule has 0 amide bonds. The van der Waals surface area contributed by atoms with Gasteiger partial charge in [-0.3, -0.25) is 0 Å². The number of phenolic OH excluding ortho intramolecular Hbond substituents is 1. The van der Waals surface area contributed by atoms with Gasteiger partial charge in [0.2, 0.25) is 0 Å². The lowest BCUT2D eigenvalue weighted by Crippen LogP contribution is -2.06. The van der Waals surface area contributed by atoms with Crippen LogP contribution in [-0.2, 0) is 0 Å². The molecule has 1 aromatic carbocycles. The molecule has 1 rings (SSSR count). The third kappa shape index (κ3) is 5.57. The van der Waals surface area contributed by atoms with E-state index >= 15 is 0 Å². The fourth-order valence-electron chi connectivity index (χ4n) is 1.00. The van der Waals surface area contributed by atoms with Gasteiger partial charge in [0, 0.05) is 11.3 Å². The maximum absolute atomic E-state index is 11.8. The zero-order valence-corrected chi connectivity index (χ0v) is 8.74. The van der Waals surface area contributed by atoms with E-state index in [0.29, 0.717) is 5.75 Å². The first kappa shape index (κ1) is 12.2. The molecule has 0 fully saturated rings. The van der Waals surface area contributed by atoms with Crippen LogP contribution in [0.2, 0.25) is 0 Å². The van der Waals surface area contributed by atoms with Crippen LogP contribution in [0.5, 0.6) is 5.75 Å². The van der Waals surface area contributed by atoms with Crippen molar-refractivity contribution in [1.82, 2.24) is 0 Å². The van der Waals surface area contributed by atoms with Crippen molar-refractivity contribution < 1.29 is 18.3 Å². The Hall–Kier alpha value is -0.840. The van der Waals surface area contributed by atoms with Crippen LogP contribution in [0.1, 0.15) is 12.8 Å². The maximum atomic E-state index is 11.8. The summed E-state index contributed by atoms with van der Waals surface area (Å²) in [6.07, 6.45) is -4.68. The Balaban J connectivity index is 2.23. The van der Waals surface area contributed by atoms with Crippen molar-refractivity contribution in [3.05, 3.63) is 24.3 Å². The molecule has 0 aliphatic rings. The second-order valence-electron chi connectivity index (χ2n) is 3.06. The van der Waals surface area contributed by atoms with Crippen molar-refractivity contribution in [2.45, 2.75) is 23.9 Å². The Labute approximate surface area is 90.3 Å². The topological polar surface area (TPSA) is 20.2 Å². The molecule has 0 radical (unpaired) electrons. The number of benzene rings is 1. The number of hydrogen-bond donors (Lipinski definition) is 1. The first-order valence-corrected chi connectivity index (χ1v) is 5.44. The molecule has 0 unspecified atom stereocenters. The lowest BCUT2D eigenvalue weighted by atomic mass is 10.3. The Bertz CT molecular complexity index is 295. The third-order valence-corrected chi connectivity index (χ3v) is 2.81. The molecule has 1 nitrogen and oxygen atoms in total. The third-order valence-electron chi connectivity index (χ3n) is 1.71. The van der Waals surface area contributed by atoms with Crippen LogP contribution in [0, 0.1) is 0 Å². The van der Waals surface area contributed by atoms with E-state index in [-0.39, 0.29) is 12.2 Å². The number of alkyl halides is 3. The summed E-state index contributed by atoms with van der Waals surface area (Å²) in [6.45, 7) is 0. The van der Waals surface area contributed by atoms with Crippen molar-refractivity contribution in [3.63, 3.8) is 0 Å². The highest BCUT2D eigenvalue weighted by molar-refractivity contribution is 7.99. The number of hydrogen-bond acceptors (Lipinski definition) is 2. The second-order valence-corrected chi connectivity index (χ2v) is 4.23. The molecule has 1 aromatic rings. The molecule has 5 heteroatoms. The van der Waals surface area contributed by atoms with Gasteiger partial charge in [-0.25, -0.2) is 0 Å². The minimum atomic E-state index is -4.06. The minimum Gasteiger partial charge on any atom is -0.508 e. The molecule has 0 bridgehead atoms. The lowest BCUT2D eigenvalue weighted by Gasteiger charge is -2.05. The summed E-state index contributed by atoms with van der Waals surface area (Å²) in [4.78, 5) is 0.870. The number of rotatable bonds is 4. The van der Waals surface area contributed by atoms with Gasteiger partial charge in [0.25, 0.3) is 0 Å². The molecule has 84 valence electrons. The predicted molar refractivity (Wildman–Crippen MR) is 54.1 cm³/mol. The van der Waals surface area contributed by atoms with Crippen molar-refractivity contribution in [3.8, 4) is 5.75 Å². The standard InChI is InChI=1S/C10H11F3OS/c11-10(12,13)6-1-7-15-9-4-2-8(14)3-5-9/h2-5,14H,1,6-7H2. The molecule has 1 N–H and O–H groups in total. The van der Waals surface area contributed by atoms with Crippen LogP contribution in [0.4, 0.5) is 13.2 Å². The summed E-state index contributed by atoms with van der Waals surface area (Å²) in [5.41, 5.74) is 0. The first-order chi connectivity index (χ1) is 6.97. The van der Waals surface area contributed by atoms with Gasteiger partial charge < -0.3 is 5.11 Å². The van der Waals surface area contributed by atoms with E-state index in [1.807, 2.05) is 0 Å². The van der Waals surface area contributed by atoms with E-state index in [4.69, 9.17) is 5.11 Å². The molecule has 0 aliphatic carbocycles. The number of aromatic hydroxyl groups is 1.